The lowest BCUT2D eigenvalue weighted by Crippen LogP contribution is -2.17. The maximum Gasteiger partial charge on any atom is 0.225 e. The number of amides is 1. The van der Waals surface area contributed by atoms with Gasteiger partial charge in [-0.2, -0.15) is 0 Å². The van der Waals surface area contributed by atoms with E-state index in [0.29, 0.717) is 15.7 Å². The molecule has 0 saturated carbocycles. The van der Waals surface area contributed by atoms with Gasteiger partial charge >= 0.3 is 0 Å². The third-order valence-corrected chi connectivity index (χ3v) is 5.10. The van der Waals surface area contributed by atoms with Crippen LogP contribution in [-0.4, -0.2) is 20.1 Å². The van der Waals surface area contributed by atoms with Crippen molar-refractivity contribution in [1.29, 1.82) is 0 Å². The van der Waals surface area contributed by atoms with Gasteiger partial charge in [0.05, 0.1) is 10.6 Å². The van der Waals surface area contributed by atoms with E-state index in [0.717, 1.165) is 0 Å². The van der Waals surface area contributed by atoms with Crippen LogP contribution in [0.4, 0.5) is 5.69 Å². The first-order valence-electron chi connectivity index (χ1n) is 6.40. The Labute approximate surface area is 139 Å². The topological polar surface area (TPSA) is 63.2 Å². The Morgan fingerprint density at radius 2 is 1.68 bits per heavy atom. The van der Waals surface area contributed by atoms with E-state index in [4.69, 9.17) is 23.2 Å². The van der Waals surface area contributed by atoms with Gasteiger partial charge in [0.25, 0.3) is 0 Å². The van der Waals surface area contributed by atoms with Crippen molar-refractivity contribution in [3.8, 4) is 0 Å². The number of sulfone groups is 1. The van der Waals surface area contributed by atoms with E-state index in [1.165, 1.54) is 24.3 Å². The fourth-order valence-electron chi connectivity index (χ4n) is 1.78. The molecule has 2 rings (SSSR count). The van der Waals surface area contributed by atoms with Crippen molar-refractivity contribution in [3.63, 3.8) is 0 Å². The predicted molar refractivity (Wildman–Crippen MR) is 88.2 cm³/mol. The van der Waals surface area contributed by atoms with E-state index >= 15 is 0 Å². The van der Waals surface area contributed by atoms with Crippen molar-refractivity contribution in [2.45, 2.75) is 11.3 Å². The van der Waals surface area contributed by atoms with E-state index in [9.17, 15) is 13.2 Å². The normalized spacial score (nSPS) is 11.2. The van der Waals surface area contributed by atoms with Gasteiger partial charge in [0.2, 0.25) is 5.91 Å². The maximum absolute atomic E-state index is 12.1. The largest absolute Gasteiger partial charge is 0.326 e. The van der Waals surface area contributed by atoms with Gasteiger partial charge < -0.3 is 5.32 Å². The van der Waals surface area contributed by atoms with Gasteiger partial charge in [-0.15, -0.1) is 0 Å². The summed E-state index contributed by atoms with van der Waals surface area (Å²) in [4.78, 5) is 12.0. The fraction of sp³-hybridized carbons (Fsp3) is 0.133. The van der Waals surface area contributed by atoms with E-state index in [2.05, 4.69) is 5.32 Å². The van der Waals surface area contributed by atoms with Crippen molar-refractivity contribution in [1.82, 2.24) is 0 Å². The molecule has 0 fully saturated rings. The van der Waals surface area contributed by atoms with Gasteiger partial charge in [0, 0.05) is 22.2 Å². The molecular weight excluding hydrogens is 345 g/mol. The highest BCUT2D eigenvalue weighted by Crippen LogP contribution is 2.17. The molecule has 0 atom stereocenters. The van der Waals surface area contributed by atoms with Crippen molar-refractivity contribution in [3.05, 3.63) is 58.6 Å². The lowest BCUT2D eigenvalue weighted by Gasteiger charge is -2.07. The summed E-state index contributed by atoms with van der Waals surface area (Å²) in [5, 5.41) is 3.56. The number of hydrogen-bond donors (Lipinski definition) is 1. The molecule has 0 aromatic heterocycles. The minimum Gasteiger partial charge on any atom is -0.326 e. The second-order valence-corrected chi connectivity index (χ2v) is 7.56. The maximum atomic E-state index is 12.1. The van der Waals surface area contributed by atoms with Crippen LogP contribution < -0.4 is 5.32 Å². The first-order chi connectivity index (χ1) is 10.4. The average molecular weight is 358 g/mol. The van der Waals surface area contributed by atoms with Crippen LogP contribution in [-0.2, 0) is 14.6 Å². The number of nitrogens with one attached hydrogen (secondary N) is 1. The summed E-state index contributed by atoms with van der Waals surface area (Å²) < 4.78 is 24.2. The molecule has 2 aromatic rings. The van der Waals surface area contributed by atoms with Crippen LogP contribution in [0, 0.1) is 0 Å². The highest BCUT2D eigenvalue weighted by atomic mass is 35.5. The molecule has 4 nitrogen and oxygen atoms in total. The molecule has 0 aliphatic heterocycles. The molecule has 0 radical (unpaired) electrons. The molecule has 22 heavy (non-hydrogen) atoms. The summed E-state index contributed by atoms with van der Waals surface area (Å²) in [5.74, 6) is -0.666. The van der Waals surface area contributed by atoms with Crippen LogP contribution in [0.15, 0.2) is 53.4 Å². The van der Waals surface area contributed by atoms with Gasteiger partial charge in [-0.3, -0.25) is 4.79 Å². The van der Waals surface area contributed by atoms with Crippen LogP contribution in [0.25, 0.3) is 0 Å². The first-order valence-corrected chi connectivity index (χ1v) is 8.81. The number of hydrogen-bond acceptors (Lipinski definition) is 3. The van der Waals surface area contributed by atoms with Gasteiger partial charge in [0.1, 0.15) is 0 Å². The molecule has 0 aliphatic rings. The number of benzene rings is 2. The molecular formula is C15H13Cl2NO3S. The van der Waals surface area contributed by atoms with E-state index in [-0.39, 0.29) is 23.0 Å². The Morgan fingerprint density at radius 3 is 2.32 bits per heavy atom. The third-order valence-electron chi connectivity index (χ3n) is 2.88. The van der Waals surface area contributed by atoms with Crippen LogP contribution >= 0.6 is 23.2 Å². The van der Waals surface area contributed by atoms with Crippen LogP contribution in [0.1, 0.15) is 6.42 Å². The molecule has 2 aromatic carbocycles. The lowest BCUT2D eigenvalue weighted by atomic mass is 10.3. The van der Waals surface area contributed by atoms with Crippen LogP contribution in [0.3, 0.4) is 0 Å². The second-order valence-electron chi connectivity index (χ2n) is 4.58. The summed E-state index contributed by atoms with van der Waals surface area (Å²) in [6.45, 7) is 0. The second kappa shape index (κ2) is 7.13. The smallest absolute Gasteiger partial charge is 0.225 e. The van der Waals surface area contributed by atoms with Crippen molar-refractivity contribution in [2.24, 2.45) is 0 Å². The Morgan fingerprint density at radius 1 is 1.00 bits per heavy atom. The SMILES string of the molecule is O=C(CCS(=O)(=O)c1ccc(Cl)cc1)Nc1cccc(Cl)c1. The monoisotopic (exact) mass is 357 g/mol. The molecule has 0 aliphatic carbocycles. The Balaban J connectivity index is 1.97. The number of rotatable bonds is 5. The number of carbonyl (C=O) groups excluding carboxylic acids is 1. The summed E-state index contributed by atoms with van der Waals surface area (Å²) in [6, 6.07) is 12.5. The molecule has 0 spiro atoms. The highest BCUT2D eigenvalue weighted by Gasteiger charge is 2.16. The van der Waals surface area contributed by atoms with Gasteiger partial charge in [-0.25, -0.2) is 8.42 Å². The quantitative estimate of drug-likeness (QED) is 0.884. The summed E-state index contributed by atoms with van der Waals surface area (Å²) in [7, 11) is -3.52. The Kier molecular flexibility index (Phi) is 5.45. The molecule has 0 heterocycles. The lowest BCUT2D eigenvalue weighted by molar-refractivity contribution is -0.115. The molecule has 0 bridgehead atoms. The third kappa shape index (κ3) is 4.73. The molecule has 0 saturated heterocycles. The minimum absolute atomic E-state index is 0.141. The number of anilines is 1. The average Bonchev–Trinajstić information content (AvgIpc) is 2.46. The molecule has 1 N–H and O–H groups in total. The van der Waals surface area contributed by atoms with E-state index < -0.39 is 9.84 Å². The Hall–Kier alpha value is -1.56. The zero-order chi connectivity index (χ0) is 16.2. The molecule has 116 valence electrons. The molecule has 0 unspecified atom stereocenters. The van der Waals surface area contributed by atoms with E-state index in [1.807, 2.05) is 0 Å². The minimum atomic E-state index is -3.52. The van der Waals surface area contributed by atoms with E-state index in [1.54, 1.807) is 24.3 Å². The molecule has 7 heteroatoms. The highest BCUT2D eigenvalue weighted by molar-refractivity contribution is 7.91. The van der Waals surface area contributed by atoms with Crippen LogP contribution in [0.5, 0.6) is 0 Å². The predicted octanol–water partition coefficient (Wildman–Crippen LogP) is 3.80. The summed E-state index contributed by atoms with van der Waals surface area (Å²) >= 11 is 11.5. The fourth-order valence-corrected chi connectivity index (χ4v) is 3.33. The summed E-state index contributed by atoms with van der Waals surface area (Å²) in [5.41, 5.74) is 0.529. The zero-order valence-electron chi connectivity index (χ0n) is 11.4. The van der Waals surface area contributed by atoms with Crippen LogP contribution in [0.2, 0.25) is 10.0 Å². The van der Waals surface area contributed by atoms with Gasteiger partial charge in [0.15, 0.2) is 9.84 Å². The first kappa shape index (κ1) is 16.8. The summed E-state index contributed by atoms with van der Waals surface area (Å²) in [6.07, 6.45) is -0.141. The number of carbonyl (C=O) groups is 1. The standard InChI is InChI=1S/C15H13Cl2NO3S/c16-11-4-6-14(7-5-11)22(20,21)9-8-15(19)18-13-3-1-2-12(17)10-13/h1-7,10H,8-9H2,(H,18,19). The zero-order valence-corrected chi connectivity index (χ0v) is 13.8. The van der Waals surface area contributed by atoms with Gasteiger partial charge in [-0.1, -0.05) is 29.3 Å². The molecule has 1 amide bonds. The number of halogens is 2. The van der Waals surface area contributed by atoms with Crippen molar-refractivity contribution in [2.75, 3.05) is 11.1 Å². The Bertz CT molecular complexity index is 774. The van der Waals surface area contributed by atoms with Crippen molar-refractivity contribution >= 4 is 44.6 Å². The van der Waals surface area contributed by atoms with Crippen molar-refractivity contribution < 1.29 is 13.2 Å². The van der Waals surface area contributed by atoms with Gasteiger partial charge in [-0.05, 0) is 42.5 Å².